The van der Waals surface area contributed by atoms with Gasteiger partial charge in [-0.05, 0) is 25.5 Å². The van der Waals surface area contributed by atoms with Crippen LogP contribution in [0, 0.1) is 0 Å². The van der Waals surface area contributed by atoms with E-state index in [4.69, 9.17) is 0 Å². The van der Waals surface area contributed by atoms with Gasteiger partial charge in [0.15, 0.2) is 0 Å². The number of hydrogen-bond donors (Lipinski definition) is 1. The maximum absolute atomic E-state index is 10.8. The summed E-state index contributed by atoms with van der Waals surface area (Å²) in [7, 11) is 0. The lowest BCUT2D eigenvalue weighted by Gasteiger charge is -2.12. The fraction of sp³-hybridized carbons (Fsp3) is 0.538. The number of nitrogens with zero attached hydrogens (tertiary/aromatic N) is 1. The predicted molar refractivity (Wildman–Crippen MR) is 67.2 cm³/mol. The SMILES string of the molecule is CC.CCc1cccc(C(C)NC(C)=O)n1. The van der Waals surface area contributed by atoms with Gasteiger partial charge < -0.3 is 5.32 Å². The highest BCUT2D eigenvalue weighted by Crippen LogP contribution is 2.09. The van der Waals surface area contributed by atoms with Gasteiger partial charge >= 0.3 is 0 Å². The van der Waals surface area contributed by atoms with Gasteiger partial charge in [-0.2, -0.15) is 0 Å². The Balaban J connectivity index is 0.00000106. The van der Waals surface area contributed by atoms with Crippen LogP contribution in [0.2, 0.25) is 0 Å². The Morgan fingerprint density at radius 2 is 2.06 bits per heavy atom. The minimum absolute atomic E-state index is 0.0148. The van der Waals surface area contributed by atoms with Gasteiger partial charge in [0.25, 0.3) is 0 Å². The summed E-state index contributed by atoms with van der Waals surface area (Å²) < 4.78 is 0. The predicted octanol–water partition coefficient (Wildman–Crippen LogP) is 2.87. The minimum atomic E-state index is -0.0267. The highest BCUT2D eigenvalue weighted by atomic mass is 16.1. The molecule has 0 radical (unpaired) electrons. The van der Waals surface area contributed by atoms with Crippen LogP contribution in [0.3, 0.4) is 0 Å². The number of aryl methyl sites for hydroxylation is 1. The molecule has 3 nitrogen and oxygen atoms in total. The molecule has 0 fully saturated rings. The Morgan fingerprint density at radius 1 is 1.44 bits per heavy atom. The number of carbonyl (C=O) groups is 1. The highest BCUT2D eigenvalue weighted by molar-refractivity contribution is 5.73. The Kier molecular flexibility index (Phi) is 7.18. The van der Waals surface area contributed by atoms with Crippen molar-refractivity contribution in [3.63, 3.8) is 0 Å². The zero-order valence-corrected chi connectivity index (χ0v) is 10.9. The Bertz CT molecular complexity index is 323. The standard InChI is InChI=1S/C11H16N2O.C2H6/c1-4-10-6-5-7-11(13-10)8(2)12-9(3)14;1-2/h5-8H,4H2,1-3H3,(H,12,14);1-2H3. The van der Waals surface area contributed by atoms with E-state index in [0.29, 0.717) is 0 Å². The lowest BCUT2D eigenvalue weighted by molar-refractivity contribution is -0.119. The topological polar surface area (TPSA) is 42.0 Å². The number of hydrogen-bond acceptors (Lipinski definition) is 2. The summed E-state index contributed by atoms with van der Waals surface area (Å²) in [6, 6.07) is 5.88. The Labute approximate surface area is 98.3 Å². The first-order valence-corrected chi connectivity index (χ1v) is 5.86. The van der Waals surface area contributed by atoms with Crippen LogP contribution in [-0.2, 0) is 11.2 Å². The van der Waals surface area contributed by atoms with Crippen molar-refractivity contribution in [2.24, 2.45) is 0 Å². The summed E-state index contributed by atoms with van der Waals surface area (Å²) in [5, 5.41) is 2.81. The molecular weight excluding hydrogens is 200 g/mol. The first-order chi connectivity index (χ1) is 7.63. The smallest absolute Gasteiger partial charge is 0.217 e. The molecule has 0 bridgehead atoms. The maximum atomic E-state index is 10.8. The lowest BCUT2D eigenvalue weighted by atomic mass is 10.2. The van der Waals surface area contributed by atoms with Crippen LogP contribution >= 0.6 is 0 Å². The van der Waals surface area contributed by atoms with Gasteiger partial charge in [-0.1, -0.05) is 26.8 Å². The summed E-state index contributed by atoms with van der Waals surface area (Å²) >= 11 is 0. The number of carbonyl (C=O) groups excluding carboxylic acids is 1. The van der Waals surface area contributed by atoms with Gasteiger partial charge in [-0.3, -0.25) is 9.78 Å². The third-order valence-corrected chi connectivity index (χ3v) is 2.05. The molecule has 1 amide bonds. The molecule has 0 saturated carbocycles. The third-order valence-electron chi connectivity index (χ3n) is 2.05. The molecule has 1 unspecified atom stereocenters. The van der Waals surface area contributed by atoms with E-state index in [1.807, 2.05) is 39.0 Å². The number of pyridine rings is 1. The largest absolute Gasteiger partial charge is 0.348 e. The van der Waals surface area contributed by atoms with Gasteiger partial charge in [0.2, 0.25) is 5.91 Å². The van der Waals surface area contributed by atoms with E-state index in [1.165, 1.54) is 6.92 Å². The fourth-order valence-electron chi connectivity index (χ4n) is 1.32. The van der Waals surface area contributed by atoms with Crippen molar-refractivity contribution < 1.29 is 4.79 Å². The van der Waals surface area contributed by atoms with Crippen molar-refractivity contribution in [2.75, 3.05) is 0 Å². The van der Waals surface area contributed by atoms with Crippen LogP contribution in [0.1, 0.15) is 52.0 Å². The molecule has 0 aromatic carbocycles. The summed E-state index contributed by atoms with van der Waals surface area (Å²) in [6.07, 6.45) is 0.917. The number of rotatable bonds is 3. The highest BCUT2D eigenvalue weighted by Gasteiger charge is 2.07. The van der Waals surface area contributed by atoms with Crippen molar-refractivity contribution >= 4 is 5.91 Å². The second-order valence-electron chi connectivity index (χ2n) is 3.33. The molecular formula is C13H22N2O. The van der Waals surface area contributed by atoms with E-state index >= 15 is 0 Å². The molecule has 0 spiro atoms. The molecule has 0 aliphatic heterocycles. The van der Waals surface area contributed by atoms with Crippen LogP contribution in [-0.4, -0.2) is 10.9 Å². The summed E-state index contributed by atoms with van der Waals surface area (Å²) in [5.41, 5.74) is 1.97. The quantitative estimate of drug-likeness (QED) is 0.854. The Morgan fingerprint density at radius 3 is 2.56 bits per heavy atom. The van der Waals surface area contributed by atoms with Crippen LogP contribution in [0.4, 0.5) is 0 Å². The molecule has 90 valence electrons. The van der Waals surface area contributed by atoms with Crippen LogP contribution in [0.5, 0.6) is 0 Å². The minimum Gasteiger partial charge on any atom is -0.348 e. The molecule has 0 saturated heterocycles. The second-order valence-corrected chi connectivity index (χ2v) is 3.33. The lowest BCUT2D eigenvalue weighted by Crippen LogP contribution is -2.24. The van der Waals surface area contributed by atoms with Gasteiger partial charge in [-0.25, -0.2) is 0 Å². The van der Waals surface area contributed by atoms with Crippen LogP contribution < -0.4 is 5.32 Å². The van der Waals surface area contributed by atoms with E-state index in [-0.39, 0.29) is 11.9 Å². The summed E-state index contributed by atoms with van der Waals surface area (Å²) in [6.45, 7) is 9.51. The molecule has 1 atom stereocenters. The van der Waals surface area contributed by atoms with Gasteiger partial charge in [0.05, 0.1) is 11.7 Å². The third kappa shape index (κ3) is 4.91. The first kappa shape index (κ1) is 14.6. The van der Waals surface area contributed by atoms with Gasteiger partial charge in [0.1, 0.15) is 0 Å². The molecule has 1 N–H and O–H groups in total. The van der Waals surface area contributed by atoms with E-state index in [1.54, 1.807) is 0 Å². The molecule has 16 heavy (non-hydrogen) atoms. The first-order valence-electron chi connectivity index (χ1n) is 5.86. The molecule has 1 aromatic rings. The second kappa shape index (κ2) is 7.85. The molecule has 1 heterocycles. The van der Waals surface area contributed by atoms with Crippen molar-refractivity contribution in [3.05, 3.63) is 29.6 Å². The Hall–Kier alpha value is -1.38. The van der Waals surface area contributed by atoms with Crippen molar-refractivity contribution in [3.8, 4) is 0 Å². The maximum Gasteiger partial charge on any atom is 0.217 e. The van der Waals surface area contributed by atoms with Crippen LogP contribution in [0.25, 0.3) is 0 Å². The zero-order chi connectivity index (χ0) is 12.6. The normalized spacial score (nSPS) is 11.1. The van der Waals surface area contributed by atoms with Crippen molar-refractivity contribution in [1.82, 2.24) is 10.3 Å². The van der Waals surface area contributed by atoms with E-state index in [0.717, 1.165) is 17.8 Å². The average molecular weight is 222 g/mol. The monoisotopic (exact) mass is 222 g/mol. The molecule has 0 aliphatic carbocycles. The summed E-state index contributed by atoms with van der Waals surface area (Å²) in [5.74, 6) is -0.0267. The fourth-order valence-corrected chi connectivity index (χ4v) is 1.32. The van der Waals surface area contributed by atoms with E-state index in [9.17, 15) is 4.79 Å². The van der Waals surface area contributed by atoms with E-state index < -0.39 is 0 Å². The zero-order valence-electron chi connectivity index (χ0n) is 10.9. The number of nitrogens with one attached hydrogen (secondary N) is 1. The molecule has 1 aromatic heterocycles. The molecule has 1 rings (SSSR count). The molecule has 3 heteroatoms. The van der Waals surface area contributed by atoms with E-state index in [2.05, 4.69) is 17.2 Å². The average Bonchev–Trinajstić information content (AvgIpc) is 2.31. The number of amides is 1. The van der Waals surface area contributed by atoms with Gasteiger partial charge in [-0.15, -0.1) is 0 Å². The van der Waals surface area contributed by atoms with Crippen molar-refractivity contribution in [2.45, 2.75) is 47.1 Å². The van der Waals surface area contributed by atoms with Gasteiger partial charge in [0, 0.05) is 12.6 Å². The summed E-state index contributed by atoms with van der Waals surface area (Å²) in [4.78, 5) is 15.3. The van der Waals surface area contributed by atoms with Crippen LogP contribution in [0.15, 0.2) is 18.2 Å². The molecule has 0 aliphatic rings. The van der Waals surface area contributed by atoms with Crippen molar-refractivity contribution in [1.29, 1.82) is 0 Å². The number of aromatic nitrogens is 1.